The van der Waals surface area contributed by atoms with Gasteiger partial charge < -0.3 is 9.47 Å². The Morgan fingerprint density at radius 3 is 2.17 bits per heavy atom. The highest BCUT2D eigenvalue weighted by atomic mass is 32.1. The molecule has 0 saturated heterocycles. The van der Waals surface area contributed by atoms with Crippen molar-refractivity contribution in [2.24, 2.45) is 0 Å². The van der Waals surface area contributed by atoms with Gasteiger partial charge in [0.25, 0.3) is 0 Å². The fraction of sp³-hybridized carbons (Fsp3) is 0.312. The smallest absolute Gasteiger partial charge is 0.456 e. The molecule has 0 atom stereocenters. The zero-order chi connectivity index (χ0) is 17.3. The molecule has 23 heavy (non-hydrogen) atoms. The Labute approximate surface area is 135 Å². The van der Waals surface area contributed by atoms with Gasteiger partial charge in [0.05, 0.1) is 5.56 Å². The SMILES string of the molecule is CC(C)(C)OC(=O)c1ccsc1-c1ccc(OC(F)(F)F)cc1. The molecule has 0 bridgehead atoms. The number of rotatable bonds is 3. The quantitative estimate of drug-likeness (QED) is 0.712. The van der Waals surface area contributed by atoms with Crippen molar-refractivity contribution in [3.8, 4) is 16.2 Å². The molecule has 1 heterocycles. The number of hydrogen-bond acceptors (Lipinski definition) is 4. The number of carbonyl (C=O) groups is 1. The number of hydrogen-bond donors (Lipinski definition) is 0. The Kier molecular flexibility index (Phi) is 4.70. The van der Waals surface area contributed by atoms with Gasteiger partial charge in [-0.2, -0.15) is 0 Å². The lowest BCUT2D eigenvalue weighted by atomic mass is 10.1. The second kappa shape index (κ2) is 6.23. The highest BCUT2D eigenvalue weighted by Crippen LogP contribution is 2.33. The van der Waals surface area contributed by atoms with E-state index in [9.17, 15) is 18.0 Å². The van der Waals surface area contributed by atoms with E-state index < -0.39 is 17.9 Å². The molecule has 0 aliphatic rings. The monoisotopic (exact) mass is 344 g/mol. The molecule has 124 valence electrons. The van der Waals surface area contributed by atoms with E-state index in [0.29, 0.717) is 16.0 Å². The molecule has 0 amide bonds. The van der Waals surface area contributed by atoms with Gasteiger partial charge in [-0.15, -0.1) is 24.5 Å². The van der Waals surface area contributed by atoms with Crippen molar-refractivity contribution in [3.63, 3.8) is 0 Å². The molecule has 0 spiro atoms. The molecule has 3 nitrogen and oxygen atoms in total. The van der Waals surface area contributed by atoms with Crippen LogP contribution in [0.5, 0.6) is 5.75 Å². The molecule has 0 saturated carbocycles. The van der Waals surface area contributed by atoms with E-state index >= 15 is 0 Å². The number of thiophene rings is 1. The second-order valence-electron chi connectivity index (χ2n) is 5.74. The van der Waals surface area contributed by atoms with E-state index in [1.807, 2.05) is 0 Å². The van der Waals surface area contributed by atoms with Crippen LogP contribution in [0.4, 0.5) is 13.2 Å². The fourth-order valence-electron chi connectivity index (χ4n) is 1.83. The lowest BCUT2D eigenvalue weighted by Gasteiger charge is -2.19. The van der Waals surface area contributed by atoms with Crippen LogP contribution >= 0.6 is 11.3 Å². The first-order valence-corrected chi connectivity index (χ1v) is 7.60. The Bertz CT molecular complexity index is 682. The standard InChI is InChI=1S/C16H15F3O3S/c1-15(2,3)22-14(20)12-8-9-23-13(12)10-4-6-11(7-5-10)21-16(17,18)19/h4-9H,1-3H3. The highest BCUT2D eigenvalue weighted by molar-refractivity contribution is 7.14. The largest absolute Gasteiger partial charge is 0.573 e. The first kappa shape index (κ1) is 17.3. The first-order valence-electron chi connectivity index (χ1n) is 6.72. The zero-order valence-corrected chi connectivity index (χ0v) is 13.5. The molecule has 2 rings (SSSR count). The maximum Gasteiger partial charge on any atom is 0.573 e. The molecular formula is C16H15F3O3S. The normalized spacial score (nSPS) is 12.1. The number of carbonyl (C=O) groups excluding carboxylic acids is 1. The summed E-state index contributed by atoms with van der Waals surface area (Å²) in [5.74, 6) is -0.777. The summed E-state index contributed by atoms with van der Waals surface area (Å²) >= 11 is 1.31. The molecule has 0 N–H and O–H groups in total. The number of esters is 1. The van der Waals surface area contributed by atoms with Gasteiger partial charge in [0.2, 0.25) is 0 Å². The number of ether oxygens (including phenoxy) is 2. The molecule has 1 aromatic carbocycles. The van der Waals surface area contributed by atoms with Gasteiger partial charge in [0, 0.05) is 4.88 Å². The predicted molar refractivity (Wildman–Crippen MR) is 81.6 cm³/mol. The third kappa shape index (κ3) is 4.99. The van der Waals surface area contributed by atoms with Crippen LogP contribution in [0.3, 0.4) is 0 Å². The average Bonchev–Trinajstić information content (AvgIpc) is 2.85. The van der Waals surface area contributed by atoms with Crippen molar-refractivity contribution in [1.82, 2.24) is 0 Å². The molecule has 0 unspecified atom stereocenters. The van der Waals surface area contributed by atoms with Gasteiger partial charge in [0.1, 0.15) is 11.4 Å². The van der Waals surface area contributed by atoms with Crippen molar-refractivity contribution in [3.05, 3.63) is 41.3 Å². The van der Waals surface area contributed by atoms with E-state index in [1.165, 1.54) is 35.6 Å². The number of alkyl halides is 3. The van der Waals surface area contributed by atoms with Crippen LogP contribution in [0, 0.1) is 0 Å². The van der Waals surface area contributed by atoms with Gasteiger partial charge in [-0.1, -0.05) is 0 Å². The molecule has 0 fully saturated rings. The minimum atomic E-state index is -4.73. The van der Waals surface area contributed by atoms with Crippen molar-refractivity contribution < 1.29 is 27.4 Å². The van der Waals surface area contributed by atoms with Crippen molar-refractivity contribution in [1.29, 1.82) is 0 Å². The summed E-state index contributed by atoms with van der Waals surface area (Å²) in [5, 5.41) is 1.73. The van der Waals surface area contributed by atoms with Crippen LogP contribution < -0.4 is 4.74 Å². The summed E-state index contributed by atoms with van der Waals surface area (Å²) in [4.78, 5) is 12.8. The minimum absolute atomic E-state index is 0.309. The van der Waals surface area contributed by atoms with E-state index in [2.05, 4.69) is 4.74 Å². The van der Waals surface area contributed by atoms with E-state index in [4.69, 9.17) is 4.74 Å². The van der Waals surface area contributed by atoms with Crippen molar-refractivity contribution in [2.45, 2.75) is 32.7 Å². The van der Waals surface area contributed by atoms with Crippen molar-refractivity contribution in [2.75, 3.05) is 0 Å². The average molecular weight is 344 g/mol. The zero-order valence-electron chi connectivity index (χ0n) is 12.7. The van der Waals surface area contributed by atoms with Crippen LogP contribution in [0.2, 0.25) is 0 Å². The maximum atomic E-state index is 12.2. The Morgan fingerprint density at radius 1 is 1.04 bits per heavy atom. The molecule has 7 heteroatoms. The van der Waals surface area contributed by atoms with E-state index in [0.717, 1.165) is 0 Å². The highest BCUT2D eigenvalue weighted by Gasteiger charge is 2.31. The fourth-order valence-corrected chi connectivity index (χ4v) is 2.73. The van der Waals surface area contributed by atoms with Gasteiger partial charge in [-0.3, -0.25) is 0 Å². The number of benzene rings is 1. The summed E-state index contributed by atoms with van der Waals surface area (Å²) in [6.07, 6.45) is -4.73. The first-order chi connectivity index (χ1) is 10.6. The van der Waals surface area contributed by atoms with Crippen LogP contribution in [0.1, 0.15) is 31.1 Å². The third-order valence-electron chi connectivity index (χ3n) is 2.63. The van der Waals surface area contributed by atoms with E-state index in [-0.39, 0.29) is 5.75 Å². The van der Waals surface area contributed by atoms with Gasteiger partial charge in [-0.25, -0.2) is 4.79 Å². The second-order valence-corrected chi connectivity index (χ2v) is 6.65. The third-order valence-corrected chi connectivity index (χ3v) is 3.60. The van der Waals surface area contributed by atoms with Crippen LogP contribution in [0.25, 0.3) is 10.4 Å². The van der Waals surface area contributed by atoms with Gasteiger partial charge in [-0.05, 0) is 62.0 Å². The summed E-state index contributed by atoms with van der Waals surface area (Å²) < 4.78 is 45.6. The molecule has 0 radical (unpaired) electrons. The Balaban J connectivity index is 2.23. The molecule has 2 aromatic rings. The summed E-state index contributed by atoms with van der Waals surface area (Å²) in [6, 6.07) is 7.00. The number of halogens is 3. The predicted octanol–water partition coefficient (Wildman–Crippen LogP) is 5.27. The van der Waals surface area contributed by atoms with Crippen LogP contribution in [-0.2, 0) is 4.74 Å². The lowest BCUT2D eigenvalue weighted by Crippen LogP contribution is -2.23. The maximum absolute atomic E-state index is 12.2. The molecule has 0 aliphatic carbocycles. The van der Waals surface area contributed by atoms with Crippen molar-refractivity contribution >= 4 is 17.3 Å². The van der Waals surface area contributed by atoms with E-state index in [1.54, 1.807) is 32.2 Å². The van der Waals surface area contributed by atoms with Gasteiger partial charge in [0.15, 0.2) is 0 Å². The molecule has 1 aromatic heterocycles. The minimum Gasteiger partial charge on any atom is -0.456 e. The van der Waals surface area contributed by atoms with Crippen LogP contribution in [-0.4, -0.2) is 17.9 Å². The summed E-state index contributed by atoms with van der Waals surface area (Å²) in [7, 11) is 0. The van der Waals surface area contributed by atoms with Crippen LogP contribution in [0.15, 0.2) is 35.7 Å². The lowest BCUT2D eigenvalue weighted by molar-refractivity contribution is -0.274. The molecular weight excluding hydrogens is 329 g/mol. The van der Waals surface area contributed by atoms with Gasteiger partial charge >= 0.3 is 12.3 Å². The Morgan fingerprint density at radius 2 is 1.65 bits per heavy atom. The summed E-state index contributed by atoms with van der Waals surface area (Å²) in [5.41, 5.74) is 0.380. The Hall–Kier alpha value is -2.02. The summed E-state index contributed by atoms with van der Waals surface area (Å²) in [6.45, 7) is 5.29. The molecule has 0 aliphatic heterocycles. The topological polar surface area (TPSA) is 35.5 Å².